The molecule has 0 unspecified atom stereocenters. The molecule has 6 nitrogen and oxygen atoms in total. The van der Waals surface area contributed by atoms with E-state index in [4.69, 9.17) is 0 Å². The molecule has 0 spiro atoms. The molecule has 0 aliphatic carbocycles. The Kier molecular flexibility index (Phi) is 4.54. The number of anilines is 1. The van der Waals surface area contributed by atoms with Gasteiger partial charge in [-0.25, -0.2) is 0 Å². The molecule has 0 saturated carbocycles. The maximum absolute atomic E-state index is 12.0. The molecule has 1 aromatic carbocycles. The molecule has 0 bridgehead atoms. The minimum atomic E-state index is -0.504. The van der Waals surface area contributed by atoms with Crippen LogP contribution < -0.4 is 10.2 Å². The van der Waals surface area contributed by atoms with E-state index in [-0.39, 0.29) is 11.6 Å². The summed E-state index contributed by atoms with van der Waals surface area (Å²) in [4.78, 5) is 25.4. The van der Waals surface area contributed by atoms with Gasteiger partial charge >= 0.3 is 0 Å². The first-order valence-corrected chi connectivity index (χ1v) is 7.15. The van der Waals surface area contributed by atoms with Crippen LogP contribution >= 0.6 is 11.3 Å². The summed E-state index contributed by atoms with van der Waals surface area (Å²) in [5.74, 6) is -0.341. The van der Waals surface area contributed by atoms with Crippen LogP contribution in [0.25, 0.3) is 0 Å². The fraction of sp³-hybridized carbons (Fsp3) is 0.214. The number of thiophene rings is 1. The van der Waals surface area contributed by atoms with Crippen LogP contribution in [0.1, 0.15) is 15.2 Å². The smallest absolute Gasteiger partial charge is 0.270 e. The molecule has 1 heterocycles. The van der Waals surface area contributed by atoms with Crippen molar-refractivity contribution in [2.75, 3.05) is 19.0 Å². The largest absolute Gasteiger partial charge is 0.369 e. The summed E-state index contributed by atoms with van der Waals surface area (Å²) in [6.45, 7) is 0.638. The van der Waals surface area contributed by atoms with E-state index in [1.165, 1.54) is 19.2 Å². The average Bonchev–Trinajstić information content (AvgIpc) is 2.98. The summed E-state index contributed by atoms with van der Waals surface area (Å²) >= 11 is 1.62. The van der Waals surface area contributed by atoms with E-state index >= 15 is 0 Å². The number of nitrogens with one attached hydrogen (secondary N) is 1. The Hall–Kier alpha value is -2.41. The summed E-state index contributed by atoms with van der Waals surface area (Å²) in [5.41, 5.74) is 0.862. The van der Waals surface area contributed by atoms with Crippen molar-refractivity contribution in [3.8, 4) is 0 Å². The maximum Gasteiger partial charge on any atom is 0.270 e. The number of rotatable bonds is 5. The minimum absolute atomic E-state index is 0.0955. The lowest BCUT2D eigenvalue weighted by molar-refractivity contribution is -0.384. The van der Waals surface area contributed by atoms with Gasteiger partial charge in [0.2, 0.25) is 0 Å². The van der Waals surface area contributed by atoms with Crippen molar-refractivity contribution in [3.05, 3.63) is 56.3 Å². The van der Waals surface area contributed by atoms with E-state index in [9.17, 15) is 14.9 Å². The number of benzene rings is 1. The molecule has 0 atom stereocenters. The first kappa shape index (κ1) is 15.0. The lowest BCUT2D eigenvalue weighted by atomic mass is 10.1. The zero-order valence-electron chi connectivity index (χ0n) is 11.7. The molecule has 0 radical (unpaired) electrons. The Morgan fingerprint density at radius 2 is 2.19 bits per heavy atom. The predicted octanol–water partition coefficient (Wildman–Crippen LogP) is 2.65. The van der Waals surface area contributed by atoms with Crippen LogP contribution in [-0.2, 0) is 6.54 Å². The summed E-state index contributed by atoms with van der Waals surface area (Å²) in [5, 5.41) is 15.4. The van der Waals surface area contributed by atoms with Gasteiger partial charge in [0.25, 0.3) is 11.6 Å². The summed E-state index contributed by atoms with van der Waals surface area (Å²) in [6, 6.07) is 8.29. The molecule has 0 aliphatic rings. The number of non-ortho nitro benzene ring substituents is 1. The van der Waals surface area contributed by atoms with Crippen LogP contribution in [0.4, 0.5) is 11.4 Å². The molecule has 1 N–H and O–H groups in total. The molecular formula is C14H15N3O3S. The van der Waals surface area contributed by atoms with Gasteiger partial charge in [0.05, 0.1) is 22.7 Å². The van der Waals surface area contributed by atoms with Crippen molar-refractivity contribution >= 4 is 28.6 Å². The molecule has 0 aliphatic heterocycles. The number of amides is 1. The zero-order valence-corrected chi connectivity index (χ0v) is 12.5. The molecule has 0 saturated heterocycles. The topological polar surface area (TPSA) is 75.5 Å². The van der Waals surface area contributed by atoms with E-state index in [0.717, 1.165) is 4.88 Å². The fourth-order valence-corrected chi connectivity index (χ4v) is 2.77. The highest BCUT2D eigenvalue weighted by Crippen LogP contribution is 2.26. The maximum atomic E-state index is 12.0. The lowest BCUT2D eigenvalue weighted by Gasteiger charge is -2.21. The van der Waals surface area contributed by atoms with Gasteiger partial charge in [0, 0.05) is 31.1 Å². The second-order valence-corrected chi connectivity index (χ2v) is 5.51. The zero-order chi connectivity index (χ0) is 15.4. The van der Waals surface area contributed by atoms with Gasteiger partial charge in [0.15, 0.2) is 0 Å². The van der Waals surface area contributed by atoms with Gasteiger partial charge in [0.1, 0.15) is 0 Å². The van der Waals surface area contributed by atoms with Crippen molar-refractivity contribution < 1.29 is 9.72 Å². The Morgan fingerprint density at radius 1 is 1.43 bits per heavy atom. The van der Waals surface area contributed by atoms with Crippen LogP contribution in [0, 0.1) is 10.1 Å². The standard InChI is InChI=1S/C14H15N3O3S/c1-15-14(18)12-8-10(17(19)20)5-6-13(12)16(2)9-11-4-3-7-21-11/h3-8H,9H2,1-2H3,(H,15,18). The fourth-order valence-electron chi connectivity index (χ4n) is 2.01. The number of carbonyl (C=O) groups is 1. The molecule has 1 amide bonds. The van der Waals surface area contributed by atoms with Gasteiger partial charge in [-0.05, 0) is 17.5 Å². The highest BCUT2D eigenvalue weighted by Gasteiger charge is 2.18. The van der Waals surface area contributed by atoms with Crippen molar-refractivity contribution in [1.29, 1.82) is 0 Å². The summed E-state index contributed by atoms with van der Waals surface area (Å²) in [7, 11) is 3.36. The Bertz CT molecular complexity index is 655. The summed E-state index contributed by atoms with van der Waals surface area (Å²) < 4.78 is 0. The number of hydrogen-bond donors (Lipinski definition) is 1. The Labute approximate surface area is 126 Å². The number of hydrogen-bond acceptors (Lipinski definition) is 5. The molecule has 21 heavy (non-hydrogen) atoms. The van der Waals surface area contributed by atoms with E-state index in [0.29, 0.717) is 17.8 Å². The van der Waals surface area contributed by atoms with E-state index in [1.807, 2.05) is 29.5 Å². The monoisotopic (exact) mass is 305 g/mol. The van der Waals surface area contributed by atoms with E-state index in [1.54, 1.807) is 17.4 Å². The predicted molar refractivity (Wildman–Crippen MR) is 82.9 cm³/mol. The van der Waals surface area contributed by atoms with E-state index < -0.39 is 4.92 Å². The van der Waals surface area contributed by atoms with Crippen molar-refractivity contribution in [2.45, 2.75) is 6.54 Å². The third-order valence-electron chi connectivity index (χ3n) is 3.05. The second-order valence-electron chi connectivity index (χ2n) is 4.47. The average molecular weight is 305 g/mol. The first-order chi connectivity index (χ1) is 10.0. The van der Waals surface area contributed by atoms with Gasteiger partial charge in [-0.1, -0.05) is 6.07 Å². The van der Waals surface area contributed by atoms with Crippen molar-refractivity contribution in [2.24, 2.45) is 0 Å². The van der Waals surface area contributed by atoms with Crippen LogP contribution in [0.15, 0.2) is 35.7 Å². The van der Waals surface area contributed by atoms with Gasteiger partial charge < -0.3 is 10.2 Å². The highest BCUT2D eigenvalue weighted by atomic mass is 32.1. The van der Waals surface area contributed by atoms with Gasteiger partial charge in [-0.2, -0.15) is 0 Å². The summed E-state index contributed by atoms with van der Waals surface area (Å²) in [6.07, 6.45) is 0. The van der Waals surface area contributed by atoms with Crippen LogP contribution in [0.3, 0.4) is 0 Å². The Morgan fingerprint density at radius 3 is 2.76 bits per heavy atom. The third kappa shape index (κ3) is 3.38. The SMILES string of the molecule is CNC(=O)c1cc([N+](=O)[O-])ccc1N(C)Cc1cccs1. The molecule has 2 aromatic rings. The van der Waals surface area contributed by atoms with Gasteiger partial charge in [-0.3, -0.25) is 14.9 Å². The normalized spacial score (nSPS) is 10.2. The third-order valence-corrected chi connectivity index (χ3v) is 3.91. The van der Waals surface area contributed by atoms with Gasteiger partial charge in [-0.15, -0.1) is 11.3 Å². The van der Waals surface area contributed by atoms with Crippen molar-refractivity contribution in [1.82, 2.24) is 5.32 Å². The number of nitro groups is 1. The number of carbonyl (C=O) groups excluding carboxylic acids is 1. The number of nitrogens with zero attached hydrogens (tertiary/aromatic N) is 2. The molecule has 7 heteroatoms. The number of nitro benzene ring substituents is 1. The molecular weight excluding hydrogens is 290 g/mol. The quantitative estimate of drug-likeness (QED) is 0.680. The molecule has 0 fully saturated rings. The lowest BCUT2D eigenvalue weighted by Crippen LogP contribution is -2.24. The minimum Gasteiger partial charge on any atom is -0.369 e. The highest BCUT2D eigenvalue weighted by molar-refractivity contribution is 7.09. The first-order valence-electron chi connectivity index (χ1n) is 6.27. The molecule has 1 aromatic heterocycles. The van der Waals surface area contributed by atoms with E-state index in [2.05, 4.69) is 5.32 Å². The van der Waals surface area contributed by atoms with Crippen LogP contribution in [0.5, 0.6) is 0 Å². The Balaban J connectivity index is 2.37. The van der Waals surface area contributed by atoms with Crippen LogP contribution in [0.2, 0.25) is 0 Å². The molecule has 2 rings (SSSR count). The second kappa shape index (κ2) is 6.36. The van der Waals surface area contributed by atoms with Crippen molar-refractivity contribution in [3.63, 3.8) is 0 Å². The van der Waals surface area contributed by atoms with Crippen LogP contribution in [-0.4, -0.2) is 24.9 Å². The molecule has 110 valence electrons.